The van der Waals surface area contributed by atoms with Gasteiger partial charge in [-0.3, -0.25) is 8.90 Å². The van der Waals surface area contributed by atoms with Crippen LogP contribution in [0.25, 0.3) is 16.6 Å². The van der Waals surface area contributed by atoms with Gasteiger partial charge < -0.3 is 0 Å². The predicted molar refractivity (Wildman–Crippen MR) is 59.5 cm³/mol. The second-order valence-electron chi connectivity index (χ2n) is 3.51. The molecule has 1 unspecified atom stereocenters. The lowest BCUT2D eigenvalue weighted by molar-refractivity contribution is 0.830. The summed E-state index contributed by atoms with van der Waals surface area (Å²) in [6.45, 7) is 1.83. The van der Waals surface area contributed by atoms with Crippen LogP contribution < -0.4 is 5.69 Å². The van der Waals surface area contributed by atoms with Gasteiger partial charge in [0.25, 0.3) is 0 Å². The van der Waals surface area contributed by atoms with Crippen LogP contribution in [0, 0.1) is 6.92 Å². The van der Waals surface area contributed by atoms with Crippen LogP contribution in [0.1, 0.15) is 5.69 Å². The highest BCUT2D eigenvalue weighted by Gasteiger charge is 2.11. The van der Waals surface area contributed by atoms with Crippen molar-refractivity contribution in [2.75, 3.05) is 0 Å². The van der Waals surface area contributed by atoms with Gasteiger partial charge in [0.2, 0.25) is 0 Å². The topological polar surface area (TPSA) is 52.7 Å². The van der Waals surface area contributed by atoms with Gasteiger partial charge >= 0.3 is 5.69 Å². The average Bonchev–Trinajstić information content (AvgIpc) is 2.90. The second-order valence-corrected chi connectivity index (χ2v) is 4.66. The molecular weight excluding hydrogens is 211 g/mol. The molecule has 0 spiro atoms. The normalized spacial score (nSPS) is 12.1. The van der Waals surface area contributed by atoms with Gasteiger partial charge in [-0.15, -0.1) is 0 Å². The van der Waals surface area contributed by atoms with Crippen molar-refractivity contribution in [2.45, 2.75) is 6.92 Å². The minimum atomic E-state index is -0.249. The molecule has 3 rings (SSSR count). The Labute approximate surface area is 86.9 Å². The Morgan fingerprint density at radius 1 is 1.40 bits per heavy atom. The van der Waals surface area contributed by atoms with E-state index >= 15 is 0 Å². The molecule has 0 aliphatic carbocycles. The summed E-state index contributed by atoms with van der Waals surface area (Å²) in [4.78, 5) is 19.9. The molecule has 0 radical (unpaired) electrons. The molecule has 2 aliphatic rings. The molecule has 0 aromatic carbocycles. The molecule has 3 heterocycles. The van der Waals surface area contributed by atoms with E-state index in [1.807, 2.05) is 19.2 Å². The summed E-state index contributed by atoms with van der Waals surface area (Å²) < 4.78 is 3.55. The molecule has 1 aromatic heterocycles. The van der Waals surface area contributed by atoms with Crippen molar-refractivity contribution in [1.29, 1.82) is 0 Å². The lowest BCUT2D eigenvalue weighted by atomic mass is 10.3. The predicted octanol–water partition coefficient (Wildman–Crippen LogP) is 0.897. The SMILES string of the molecule is Cc1nc(=O)n(C)c2nc3[pH]n-3ccc12. The molecule has 0 saturated carbocycles. The van der Waals surface area contributed by atoms with E-state index < -0.39 is 0 Å². The van der Waals surface area contributed by atoms with E-state index in [-0.39, 0.29) is 5.69 Å². The largest absolute Gasteiger partial charge is 0.349 e. The van der Waals surface area contributed by atoms with Crippen molar-refractivity contribution in [1.82, 2.24) is 18.9 Å². The van der Waals surface area contributed by atoms with Gasteiger partial charge in [0, 0.05) is 18.6 Å². The fraction of sp³-hybridized carbons (Fsp3) is 0.222. The van der Waals surface area contributed by atoms with Gasteiger partial charge in [-0.2, -0.15) is 4.98 Å². The molecule has 0 fully saturated rings. The van der Waals surface area contributed by atoms with Gasteiger partial charge in [0.15, 0.2) is 5.55 Å². The molecule has 1 atom stereocenters. The van der Waals surface area contributed by atoms with E-state index in [0.29, 0.717) is 14.0 Å². The number of aryl methyl sites for hydroxylation is 2. The molecule has 76 valence electrons. The Morgan fingerprint density at radius 3 is 3.00 bits per heavy atom. The summed E-state index contributed by atoms with van der Waals surface area (Å²) in [6.07, 6.45) is 1.99. The third kappa shape index (κ3) is 1.20. The molecule has 0 bridgehead atoms. The zero-order chi connectivity index (χ0) is 10.6. The fourth-order valence-electron chi connectivity index (χ4n) is 1.56. The summed E-state index contributed by atoms with van der Waals surface area (Å²) in [7, 11) is 2.34. The molecule has 6 heteroatoms. The van der Waals surface area contributed by atoms with Crippen LogP contribution in [0.15, 0.2) is 17.1 Å². The quantitative estimate of drug-likeness (QED) is 0.565. The smallest absolute Gasteiger partial charge is 0.287 e. The van der Waals surface area contributed by atoms with E-state index in [1.54, 1.807) is 7.05 Å². The van der Waals surface area contributed by atoms with Gasteiger partial charge in [0.05, 0.1) is 5.69 Å². The zero-order valence-corrected chi connectivity index (χ0v) is 9.35. The Kier molecular flexibility index (Phi) is 1.56. The van der Waals surface area contributed by atoms with Crippen molar-refractivity contribution in [2.24, 2.45) is 7.05 Å². The fourth-order valence-corrected chi connectivity index (χ4v) is 2.16. The third-order valence-corrected chi connectivity index (χ3v) is 3.44. The first-order valence-electron chi connectivity index (χ1n) is 4.57. The van der Waals surface area contributed by atoms with Crippen LogP contribution in [-0.2, 0) is 7.05 Å². The maximum absolute atomic E-state index is 11.5. The summed E-state index contributed by atoms with van der Waals surface area (Å²) in [5.41, 5.74) is 2.23. The molecule has 0 amide bonds. The Hall–Kier alpha value is -1.61. The first kappa shape index (κ1) is 8.68. The van der Waals surface area contributed by atoms with E-state index in [9.17, 15) is 4.79 Å². The van der Waals surface area contributed by atoms with Crippen molar-refractivity contribution in [3.8, 4) is 5.55 Å². The summed E-state index contributed by atoms with van der Waals surface area (Å²) in [6, 6.07) is 1.97. The summed E-state index contributed by atoms with van der Waals surface area (Å²) in [5.74, 6) is 0. The highest BCUT2D eigenvalue weighted by molar-refractivity contribution is 7.36. The number of aromatic nitrogens is 4. The lowest BCUT2D eigenvalue weighted by Gasteiger charge is -2.01. The Morgan fingerprint density at radius 2 is 2.20 bits per heavy atom. The molecular formula is C9H9N4OP. The Bertz CT molecular complexity index is 677. The third-order valence-electron chi connectivity index (χ3n) is 2.50. The maximum atomic E-state index is 11.5. The number of rotatable bonds is 0. The van der Waals surface area contributed by atoms with Gasteiger partial charge in [-0.1, -0.05) is 0 Å². The number of hydrogen-bond acceptors (Lipinski definition) is 3. The monoisotopic (exact) mass is 220 g/mol. The number of fused-ring (bicyclic) bond motifs is 2. The number of hydrogen-bond donors (Lipinski definition) is 0. The molecule has 15 heavy (non-hydrogen) atoms. The van der Waals surface area contributed by atoms with Gasteiger partial charge in [-0.25, -0.2) is 9.78 Å². The van der Waals surface area contributed by atoms with Crippen molar-refractivity contribution >= 4 is 19.4 Å². The van der Waals surface area contributed by atoms with E-state index in [4.69, 9.17) is 0 Å². The molecule has 0 N–H and O–H groups in total. The molecule has 5 nitrogen and oxygen atoms in total. The van der Waals surface area contributed by atoms with Crippen LogP contribution in [0.4, 0.5) is 0 Å². The van der Waals surface area contributed by atoms with Crippen molar-refractivity contribution in [3.05, 3.63) is 28.4 Å². The highest BCUT2D eigenvalue weighted by Crippen LogP contribution is 2.31. The van der Waals surface area contributed by atoms with Gasteiger partial charge in [0.1, 0.15) is 5.65 Å². The van der Waals surface area contributed by atoms with E-state index in [0.717, 1.165) is 16.6 Å². The van der Waals surface area contributed by atoms with Crippen molar-refractivity contribution in [3.63, 3.8) is 0 Å². The van der Waals surface area contributed by atoms with Crippen molar-refractivity contribution < 1.29 is 0 Å². The molecule has 0 saturated heterocycles. The van der Waals surface area contributed by atoms with Gasteiger partial charge in [-0.05, 0) is 21.3 Å². The second kappa shape index (κ2) is 2.70. The summed E-state index contributed by atoms with van der Waals surface area (Å²) >= 11 is 0. The minimum Gasteiger partial charge on any atom is -0.287 e. The number of nitrogens with zero attached hydrogens (tertiary/aromatic N) is 4. The van der Waals surface area contributed by atoms with Crippen LogP contribution in [0.5, 0.6) is 0 Å². The van der Waals surface area contributed by atoms with Crippen LogP contribution in [0.2, 0.25) is 0 Å². The maximum Gasteiger partial charge on any atom is 0.349 e. The molecule has 1 aromatic rings. The first-order chi connectivity index (χ1) is 7.16. The Balaban J connectivity index is 2.59. The highest BCUT2D eigenvalue weighted by atomic mass is 31.1. The standard InChI is InChI=1S/C9H9N4OP/c1-5-6-3-4-13-9(15-13)11-7(6)12(2)8(14)10-5/h3-4,15H,1-2H3. The first-order valence-corrected chi connectivity index (χ1v) is 5.52. The van der Waals surface area contributed by atoms with E-state index in [1.165, 1.54) is 4.57 Å². The minimum absolute atomic E-state index is 0.249. The van der Waals surface area contributed by atoms with Crippen LogP contribution in [0.3, 0.4) is 0 Å². The van der Waals surface area contributed by atoms with Crippen LogP contribution >= 0.6 is 8.35 Å². The average molecular weight is 220 g/mol. The van der Waals surface area contributed by atoms with Crippen LogP contribution in [-0.4, -0.2) is 18.9 Å². The lowest BCUT2D eigenvalue weighted by Crippen LogP contribution is -2.21. The summed E-state index contributed by atoms with van der Waals surface area (Å²) in [5, 5.41) is 0.932. The zero-order valence-electron chi connectivity index (χ0n) is 8.35. The molecule has 2 aliphatic heterocycles. The van der Waals surface area contributed by atoms with E-state index in [2.05, 4.69) is 14.3 Å².